The number of amides is 2. The minimum atomic E-state index is -0.610. The summed E-state index contributed by atoms with van der Waals surface area (Å²) >= 11 is 0. The van der Waals surface area contributed by atoms with Crippen LogP contribution in [-0.2, 0) is 16.1 Å². The number of aliphatic hydroxyl groups excluding tert-OH is 1. The van der Waals surface area contributed by atoms with Gasteiger partial charge in [0.1, 0.15) is 0 Å². The summed E-state index contributed by atoms with van der Waals surface area (Å²) in [5, 5.41) is 16.2. The van der Waals surface area contributed by atoms with E-state index in [1.165, 1.54) is 19.3 Å². The number of para-hydroxylation sites is 2. The number of carbonyl (C=O) groups is 1. The largest absolute Gasteiger partial charge is 0.392 e. The van der Waals surface area contributed by atoms with E-state index >= 15 is 0 Å². The number of ether oxygens (including phenoxy) is 2. The van der Waals surface area contributed by atoms with E-state index in [4.69, 9.17) is 9.47 Å². The molecule has 0 radical (unpaired) electrons. The van der Waals surface area contributed by atoms with Gasteiger partial charge in [0.2, 0.25) is 0 Å². The Balaban J connectivity index is 0.887. The van der Waals surface area contributed by atoms with Crippen molar-refractivity contribution in [2.24, 2.45) is 17.8 Å². The Morgan fingerprint density at radius 2 is 1.59 bits per heavy atom. The average Bonchev–Trinajstić information content (AvgIpc) is 3.46. The SMILES string of the molecule is O=C(Nc1cccc([C@@H]2O[C@H](CN3CCC(n4c(=O)[nH]c5ccccc54)CC3)C[C@H](c3ccc(CO)cc3)O2)c1)NC12CC3CC(CC(C3)C1)C2. The van der Waals surface area contributed by atoms with E-state index in [0.29, 0.717) is 6.42 Å². The summed E-state index contributed by atoms with van der Waals surface area (Å²) in [6.45, 7) is 2.50. The number of H-pyrrole nitrogens is 1. The van der Waals surface area contributed by atoms with Crippen LogP contribution in [0, 0.1) is 17.8 Å². The van der Waals surface area contributed by atoms with Gasteiger partial charge < -0.3 is 35.1 Å². The van der Waals surface area contributed by atoms with Crippen molar-refractivity contribution in [2.45, 2.75) is 94.5 Å². The lowest BCUT2D eigenvalue weighted by Gasteiger charge is -2.56. The van der Waals surface area contributed by atoms with Gasteiger partial charge >= 0.3 is 11.7 Å². The molecule has 6 fully saturated rings. The number of piperidine rings is 1. The van der Waals surface area contributed by atoms with E-state index in [1.807, 2.05) is 77.4 Å². The molecule has 6 aliphatic rings. The van der Waals surface area contributed by atoms with Crippen LogP contribution in [0.4, 0.5) is 10.5 Å². The van der Waals surface area contributed by atoms with Crippen LogP contribution in [0.25, 0.3) is 11.0 Å². The number of hydrogen-bond donors (Lipinski definition) is 4. The number of fused-ring (bicyclic) bond motifs is 1. The van der Waals surface area contributed by atoms with Crippen molar-refractivity contribution in [3.8, 4) is 0 Å². The van der Waals surface area contributed by atoms with Crippen molar-refractivity contribution in [3.05, 3.63) is 100.0 Å². The van der Waals surface area contributed by atoms with Gasteiger partial charge in [-0.15, -0.1) is 0 Å². The molecule has 10 nitrogen and oxygen atoms in total. The molecule has 2 saturated heterocycles. The van der Waals surface area contributed by atoms with Crippen LogP contribution in [0.3, 0.4) is 0 Å². The number of nitrogens with zero attached hydrogens (tertiary/aromatic N) is 2. The summed E-state index contributed by atoms with van der Waals surface area (Å²) in [7, 11) is 0. The molecule has 2 amide bonds. The number of aromatic nitrogens is 2. The number of imidazole rings is 1. The van der Waals surface area contributed by atoms with Crippen molar-refractivity contribution in [1.29, 1.82) is 0 Å². The van der Waals surface area contributed by atoms with Gasteiger partial charge in [0.15, 0.2) is 6.29 Å². The summed E-state index contributed by atoms with van der Waals surface area (Å²) in [6.07, 6.45) is 8.92. The zero-order valence-electron chi connectivity index (χ0n) is 29.1. The first-order valence-electron chi connectivity index (χ1n) is 19.0. The molecule has 10 rings (SSSR count). The highest BCUT2D eigenvalue weighted by atomic mass is 16.7. The first-order valence-corrected chi connectivity index (χ1v) is 19.0. The number of hydrogen-bond acceptors (Lipinski definition) is 6. The smallest absolute Gasteiger partial charge is 0.326 e. The number of carbonyl (C=O) groups excluding carboxylic acids is 1. The van der Waals surface area contributed by atoms with E-state index < -0.39 is 6.29 Å². The number of rotatable bonds is 8. The minimum Gasteiger partial charge on any atom is -0.392 e. The normalized spacial score (nSPS) is 30.8. The Kier molecular flexibility index (Phi) is 8.74. The molecule has 51 heavy (non-hydrogen) atoms. The monoisotopic (exact) mass is 691 g/mol. The standard InChI is InChI=1S/C41H49N5O5/c47-25-26-8-10-30(11-9-26)37-20-34(24-45-14-12-33(13-15-45)46-36-7-2-1-6-35(36)43-40(46)49)50-38(51-37)31-4-3-5-32(19-31)42-39(48)44-41-21-27-16-28(22-41)18-29(17-27)23-41/h1-11,19,27-29,33-34,37-38,47H,12-18,20-25H2,(H,43,49)(H2,42,44,48)/t27?,28?,29?,34-,37+,38+,41?/m0/s1. The van der Waals surface area contributed by atoms with Gasteiger partial charge in [-0.2, -0.15) is 0 Å². The van der Waals surface area contributed by atoms with E-state index in [9.17, 15) is 14.7 Å². The average molecular weight is 692 g/mol. The van der Waals surface area contributed by atoms with Crippen LogP contribution in [0.1, 0.15) is 92.9 Å². The summed E-state index contributed by atoms with van der Waals surface area (Å²) in [4.78, 5) is 31.7. The molecule has 4 aliphatic carbocycles. The molecular weight excluding hydrogens is 642 g/mol. The van der Waals surface area contributed by atoms with Gasteiger partial charge in [0, 0.05) is 48.9 Å². The van der Waals surface area contributed by atoms with E-state index in [0.717, 1.165) is 103 Å². The molecule has 4 saturated carbocycles. The molecule has 4 N–H and O–H groups in total. The molecule has 0 spiro atoms. The van der Waals surface area contributed by atoms with E-state index in [2.05, 4.69) is 20.5 Å². The second kappa shape index (κ2) is 13.5. The maximum Gasteiger partial charge on any atom is 0.326 e. The van der Waals surface area contributed by atoms with Crippen LogP contribution < -0.4 is 16.3 Å². The number of anilines is 1. The number of likely N-dealkylation sites (tertiary alicyclic amines) is 1. The molecule has 268 valence electrons. The lowest BCUT2D eigenvalue weighted by atomic mass is 9.53. The van der Waals surface area contributed by atoms with Gasteiger partial charge in [-0.05, 0) is 105 Å². The molecule has 3 heterocycles. The first-order chi connectivity index (χ1) is 24.9. The molecule has 2 aliphatic heterocycles. The third-order valence-corrected chi connectivity index (χ3v) is 12.5. The summed E-state index contributed by atoms with van der Waals surface area (Å²) in [5.74, 6) is 2.28. The van der Waals surface area contributed by atoms with Crippen LogP contribution in [0.15, 0.2) is 77.6 Å². The lowest BCUT2D eigenvalue weighted by Crippen LogP contribution is -2.60. The first kappa shape index (κ1) is 32.9. The summed E-state index contributed by atoms with van der Waals surface area (Å²) in [6, 6.07) is 23.8. The van der Waals surface area contributed by atoms with Gasteiger partial charge in [-0.3, -0.25) is 4.57 Å². The molecule has 10 heteroatoms. The minimum absolute atomic E-state index is 0.00295. The van der Waals surface area contributed by atoms with Crippen LogP contribution >= 0.6 is 0 Å². The fourth-order valence-electron chi connectivity index (χ4n) is 10.5. The molecule has 3 atom stereocenters. The highest BCUT2D eigenvalue weighted by Gasteiger charge is 2.51. The highest BCUT2D eigenvalue weighted by molar-refractivity contribution is 5.90. The summed E-state index contributed by atoms with van der Waals surface area (Å²) in [5.41, 5.74) is 5.25. The lowest BCUT2D eigenvalue weighted by molar-refractivity contribution is -0.253. The van der Waals surface area contributed by atoms with Crippen molar-refractivity contribution >= 4 is 22.8 Å². The zero-order valence-corrected chi connectivity index (χ0v) is 29.1. The second-order valence-electron chi connectivity index (χ2n) is 16.1. The Morgan fingerprint density at radius 3 is 2.31 bits per heavy atom. The number of benzene rings is 3. The van der Waals surface area contributed by atoms with Crippen molar-refractivity contribution in [1.82, 2.24) is 19.8 Å². The van der Waals surface area contributed by atoms with Gasteiger partial charge in [0.25, 0.3) is 0 Å². The Bertz CT molecular complexity index is 1890. The predicted octanol–water partition coefficient (Wildman–Crippen LogP) is 6.79. The molecule has 3 aromatic carbocycles. The Hall–Kier alpha value is -3.96. The van der Waals surface area contributed by atoms with Gasteiger partial charge in [-0.25, -0.2) is 9.59 Å². The van der Waals surface area contributed by atoms with Gasteiger partial charge in [0.05, 0.1) is 29.8 Å². The van der Waals surface area contributed by atoms with Crippen LogP contribution in [0.5, 0.6) is 0 Å². The second-order valence-corrected chi connectivity index (χ2v) is 16.1. The zero-order chi connectivity index (χ0) is 34.5. The number of urea groups is 1. The van der Waals surface area contributed by atoms with E-state index in [-0.39, 0.29) is 42.1 Å². The maximum atomic E-state index is 13.4. The molecule has 4 aromatic rings. The quantitative estimate of drug-likeness (QED) is 0.162. The van der Waals surface area contributed by atoms with Crippen molar-refractivity contribution in [2.75, 3.05) is 25.0 Å². The third kappa shape index (κ3) is 6.75. The number of aromatic amines is 1. The molecule has 0 unspecified atom stereocenters. The molecule has 4 bridgehead atoms. The Morgan fingerprint density at radius 1 is 0.863 bits per heavy atom. The predicted molar refractivity (Wildman–Crippen MR) is 195 cm³/mol. The van der Waals surface area contributed by atoms with Crippen LogP contribution in [-0.4, -0.2) is 56.9 Å². The fourth-order valence-corrected chi connectivity index (χ4v) is 10.5. The third-order valence-electron chi connectivity index (χ3n) is 12.5. The van der Waals surface area contributed by atoms with Crippen LogP contribution in [0.2, 0.25) is 0 Å². The fraction of sp³-hybridized carbons (Fsp3) is 0.512. The number of aliphatic hydroxyl groups is 1. The van der Waals surface area contributed by atoms with Gasteiger partial charge in [-0.1, -0.05) is 48.5 Å². The highest BCUT2D eigenvalue weighted by Crippen LogP contribution is 2.55. The topological polar surface area (TPSA) is 121 Å². The van der Waals surface area contributed by atoms with Crippen molar-refractivity contribution in [3.63, 3.8) is 0 Å². The summed E-state index contributed by atoms with van der Waals surface area (Å²) < 4.78 is 15.3. The Labute approximate surface area is 298 Å². The maximum absolute atomic E-state index is 13.4. The molecular formula is C41H49N5O5. The van der Waals surface area contributed by atoms with Crippen molar-refractivity contribution < 1.29 is 19.4 Å². The number of nitrogens with one attached hydrogen (secondary N) is 3. The molecule has 1 aromatic heterocycles. The van der Waals surface area contributed by atoms with E-state index in [1.54, 1.807) is 0 Å².